The van der Waals surface area contributed by atoms with Crippen molar-refractivity contribution in [1.82, 2.24) is 14.7 Å². The van der Waals surface area contributed by atoms with Crippen LogP contribution in [0.3, 0.4) is 0 Å². The zero-order valence-electron chi connectivity index (χ0n) is 10.3. The Balaban J connectivity index is 1.89. The molecule has 90 valence electrons. The van der Waals surface area contributed by atoms with Crippen molar-refractivity contribution in [2.45, 2.75) is 25.8 Å². The Morgan fingerprint density at radius 1 is 1.56 bits per heavy atom. The largest absolute Gasteiger partial charge is 0.329 e. The van der Waals surface area contributed by atoms with Gasteiger partial charge in [-0.15, -0.1) is 0 Å². The highest BCUT2D eigenvalue weighted by molar-refractivity contribution is 5.01. The van der Waals surface area contributed by atoms with Crippen molar-refractivity contribution >= 4 is 0 Å². The second-order valence-electron chi connectivity index (χ2n) is 4.80. The normalized spacial score (nSPS) is 26.4. The first-order valence-corrected chi connectivity index (χ1v) is 6.13. The van der Waals surface area contributed by atoms with Gasteiger partial charge in [-0.3, -0.25) is 9.58 Å². The van der Waals surface area contributed by atoms with Crippen molar-refractivity contribution in [1.29, 1.82) is 0 Å². The smallest absolute Gasteiger partial charge is 0.0492 e. The minimum absolute atomic E-state index is 0.577. The average Bonchev–Trinajstić information content (AvgIpc) is 2.82. The maximum atomic E-state index is 5.83. The van der Waals surface area contributed by atoms with Crippen LogP contribution in [0, 0.1) is 5.92 Å². The molecule has 4 heteroatoms. The van der Waals surface area contributed by atoms with Crippen molar-refractivity contribution in [2.24, 2.45) is 18.7 Å². The van der Waals surface area contributed by atoms with Crippen molar-refractivity contribution in [2.75, 3.05) is 19.6 Å². The number of rotatable bonds is 4. The standard InChI is InChI=1S/C12H22N4/c1-10-4-7-16(12(10)9-13)8-5-11-3-6-14-15(11)2/h3,6,10,12H,4-5,7-9,13H2,1-2H3. The molecule has 4 nitrogen and oxygen atoms in total. The molecule has 1 aliphatic heterocycles. The van der Waals surface area contributed by atoms with Gasteiger partial charge >= 0.3 is 0 Å². The predicted octanol–water partition coefficient (Wildman–Crippen LogP) is 0.632. The van der Waals surface area contributed by atoms with E-state index in [0.717, 1.165) is 25.4 Å². The van der Waals surface area contributed by atoms with Crippen molar-refractivity contribution in [3.05, 3.63) is 18.0 Å². The molecule has 0 bridgehead atoms. The summed E-state index contributed by atoms with van der Waals surface area (Å²) in [5, 5.41) is 4.19. The minimum atomic E-state index is 0.577. The summed E-state index contributed by atoms with van der Waals surface area (Å²) in [6.07, 6.45) is 4.22. The third kappa shape index (κ3) is 2.28. The molecule has 0 radical (unpaired) electrons. The van der Waals surface area contributed by atoms with Gasteiger partial charge in [0.2, 0.25) is 0 Å². The van der Waals surface area contributed by atoms with Gasteiger partial charge in [-0.05, 0) is 24.9 Å². The second kappa shape index (κ2) is 4.97. The SMILES string of the molecule is CC1CCN(CCc2ccnn2C)C1CN. The molecule has 1 saturated heterocycles. The molecular weight excluding hydrogens is 200 g/mol. The minimum Gasteiger partial charge on any atom is -0.329 e. The van der Waals surface area contributed by atoms with Crippen LogP contribution in [0.1, 0.15) is 19.0 Å². The molecule has 0 spiro atoms. The number of aromatic nitrogens is 2. The van der Waals surface area contributed by atoms with Crippen LogP contribution in [0.2, 0.25) is 0 Å². The van der Waals surface area contributed by atoms with Gasteiger partial charge < -0.3 is 5.73 Å². The van der Waals surface area contributed by atoms with Crippen LogP contribution in [0.15, 0.2) is 12.3 Å². The quantitative estimate of drug-likeness (QED) is 0.813. The summed E-state index contributed by atoms with van der Waals surface area (Å²) in [6.45, 7) is 5.39. The predicted molar refractivity (Wildman–Crippen MR) is 65.1 cm³/mol. The third-order valence-electron chi connectivity index (χ3n) is 3.82. The first kappa shape index (κ1) is 11.6. The van der Waals surface area contributed by atoms with Crippen LogP contribution in [0.5, 0.6) is 0 Å². The molecule has 1 aliphatic rings. The van der Waals surface area contributed by atoms with Crippen LogP contribution in [-0.2, 0) is 13.5 Å². The highest BCUT2D eigenvalue weighted by Gasteiger charge is 2.29. The van der Waals surface area contributed by atoms with Crippen LogP contribution < -0.4 is 5.73 Å². The fourth-order valence-corrected chi connectivity index (χ4v) is 2.65. The molecule has 0 amide bonds. The van der Waals surface area contributed by atoms with Crippen LogP contribution >= 0.6 is 0 Å². The summed E-state index contributed by atoms with van der Waals surface area (Å²) >= 11 is 0. The monoisotopic (exact) mass is 222 g/mol. The first-order valence-electron chi connectivity index (χ1n) is 6.13. The maximum Gasteiger partial charge on any atom is 0.0492 e. The summed E-state index contributed by atoms with van der Waals surface area (Å²) in [4.78, 5) is 2.53. The van der Waals surface area contributed by atoms with Crippen LogP contribution in [0.25, 0.3) is 0 Å². The van der Waals surface area contributed by atoms with Gasteiger partial charge in [-0.1, -0.05) is 6.92 Å². The highest BCUT2D eigenvalue weighted by atomic mass is 15.3. The van der Waals surface area contributed by atoms with Gasteiger partial charge in [0.15, 0.2) is 0 Å². The van der Waals surface area contributed by atoms with Gasteiger partial charge in [0.25, 0.3) is 0 Å². The van der Waals surface area contributed by atoms with Gasteiger partial charge in [-0.25, -0.2) is 0 Å². The molecule has 2 rings (SSSR count). The number of hydrogen-bond donors (Lipinski definition) is 1. The highest BCUT2D eigenvalue weighted by Crippen LogP contribution is 2.22. The summed E-state index contributed by atoms with van der Waals surface area (Å²) in [7, 11) is 2.00. The van der Waals surface area contributed by atoms with E-state index in [1.54, 1.807) is 0 Å². The molecule has 2 unspecified atom stereocenters. The second-order valence-corrected chi connectivity index (χ2v) is 4.80. The molecule has 1 aromatic rings. The van der Waals surface area contributed by atoms with E-state index in [1.807, 2.05) is 17.9 Å². The van der Waals surface area contributed by atoms with Crippen LogP contribution in [-0.4, -0.2) is 40.4 Å². The molecule has 2 atom stereocenters. The Kier molecular flexibility index (Phi) is 3.61. The number of aryl methyl sites for hydroxylation is 1. The van der Waals surface area contributed by atoms with Gasteiger partial charge in [0, 0.05) is 44.5 Å². The van der Waals surface area contributed by atoms with E-state index >= 15 is 0 Å². The first-order chi connectivity index (χ1) is 7.72. The van der Waals surface area contributed by atoms with Crippen molar-refractivity contribution < 1.29 is 0 Å². The summed E-state index contributed by atoms with van der Waals surface area (Å²) in [5.74, 6) is 0.747. The van der Waals surface area contributed by atoms with E-state index in [1.165, 1.54) is 18.7 Å². The summed E-state index contributed by atoms with van der Waals surface area (Å²) in [6, 6.07) is 2.67. The fraction of sp³-hybridized carbons (Fsp3) is 0.750. The van der Waals surface area contributed by atoms with E-state index in [4.69, 9.17) is 5.73 Å². The Labute approximate surface area is 97.4 Å². The Morgan fingerprint density at radius 3 is 3.00 bits per heavy atom. The summed E-state index contributed by atoms with van der Waals surface area (Å²) in [5.41, 5.74) is 7.14. The zero-order valence-corrected chi connectivity index (χ0v) is 10.3. The topological polar surface area (TPSA) is 47.1 Å². The van der Waals surface area contributed by atoms with E-state index in [2.05, 4.69) is 23.0 Å². The summed E-state index contributed by atoms with van der Waals surface area (Å²) < 4.78 is 1.96. The lowest BCUT2D eigenvalue weighted by Gasteiger charge is -2.25. The Bertz CT molecular complexity index is 334. The molecule has 1 aromatic heterocycles. The number of nitrogens with zero attached hydrogens (tertiary/aromatic N) is 3. The molecule has 1 fully saturated rings. The maximum absolute atomic E-state index is 5.83. The lowest BCUT2D eigenvalue weighted by atomic mass is 10.0. The van der Waals surface area contributed by atoms with E-state index in [9.17, 15) is 0 Å². The molecule has 2 N–H and O–H groups in total. The van der Waals surface area contributed by atoms with E-state index < -0.39 is 0 Å². The molecular formula is C12H22N4. The van der Waals surface area contributed by atoms with Crippen molar-refractivity contribution in [3.63, 3.8) is 0 Å². The number of likely N-dealkylation sites (tertiary alicyclic amines) is 1. The van der Waals surface area contributed by atoms with Crippen molar-refractivity contribution in [3.8, 4) is 0 Å². The lowest BCUT2D eigenvalue weighted by Crippen LogP contribution is -2.39. The zero-order chi connectivity index (χ0) is 11.5. The van der Waals surface area contributed by atoms with Gasteiger partial charge in [0.1, 0.15) is 0 Å². The molecule has 0 aliphatic carbocycles. The molecule has 0 aromatic carbocycles. The number of hydrogen-bond acceptors (Lipinski definition) is 3. The lowest BCUT2D eigenvalue weighted by molar-refractivity contribution is 0.238. The molecule has 2 heterocycles. The van der Waals surface area contributed by atoms with E-state index in [0.29, 0.717) is 6.04 Å². The van der Waals surface area contributed by atoms with Gasteiger partial charge in [-0.2, -0.15) is 5.10 Å². The third-order valence-corrected chi connectivity index (χ3v) is 3.82. The Morgan fingerprint density at radius 2 is 2.38 bits per heavy atom. The molecule has 0 saturated carbocycles. The van der Waals surface area contributed by atoms with E-state index in [-0.39, 0.29) is 0 Å². The molecule has 16 heavy (non-hydrogen) atoms. The van der Waals surface area contributed by atoms with Crippen LogP contribution in [0.4, 0.5) is 0 Å². The average molecular weight is 222 g/mol. The fourth-order valence-electron chi connectivity index (χ4n) is 2.65. The number of nitrogens with two attached hydrogens (primary N) is 1. The van der Waals surface area contributed by atoms with Gasteiger partial charge in [0.05, 0.1) is 0 Å². The Hall–Kier alpha value is -0.870.